The quantitative estimate of drug-likeness (QED) is 0.253. The molecule has 7 rings (SSSR count). The lowest BCUT2D eigenvalue weighted by atomic mass is 9.83. The fourth-order valence-electron chi connectivity index (χ4n) is 5.52. The molecular formula is C32H20Cl2N2O4S. The van der Waals surface area contributed by atoms with E-state index in [1.807, 2.05) is 36.4 Å². The van der Waals surface area contributed by atoms with Crippen LogP contribution in [0.3, 0.4) is 0 Å². The zero-order valence-corrected chi connectivity index (χ0v) is 23.6. The van der Waals surface area contributed by atoms with Crippen molar-refractivity contribution < 1.29 is 14.3 Å². The van der Waals surface area contributed by atoms with Gasteiger partial charge < -0.3 is 9.52 Å². The summed E-state index contributed by atoms with van der Waals surface area (Å²) < 4.78 is 8.27. The highest BCUT2D eigenvalue weighted by atomic mass is 35.5. The Labute approximate surface area is 247 Å². The molecule has 0 fully saturated rings. The number of aromatic nitrogens is 1. The lowest BCUT2D eigenvalue weighted by molar-refractivity contribution is 0.0697. The van der Waals surface area contributed by atoms with Gasteiger partial charge in [-0.3, -0.25) is 9.36 Å². The van der Waals surface area contributed by atoms with Crippen LogP contribution in [-0.4, -0.2) is 15.6 Å². The average molecular weight is 599 g/mol. The van der Waals surface area contributed by atoms with Gasteiger partial charge >= 0.3 is 5.97 Å². The first-order chi connectivity index (χ1) is 19.9. The van der Waals surface area contributed by atoms with E-state index in [4.69, 9.17) is 32.6 Å². The van der Waals surface area contributed by atoms with E-state index in [-0.39, 0.29) is 22.2 Å². The first kappa shape index (κ1) is 25.8. The highest BCUT2D eigenvalue weighted by molar-refractivity contribution is 7.07. The number of fused-ring (bicyclic) bond motifs is 3. The van der Waals surface area contributed by atoms with Crippen LogP contribution < -0.4 is 14.9 Å². The lowest BCUT2D eigenvalue weighted by Crippen LogP contribution is -2.38. The molecule has 5 aromatic rings. The number of aromatic carboxylic acids is 1. The van der Waals surface area contributed by atoms with Gasteiger partial charge in [0.1, 0.15) is 11.5 Å². The van der Waals surface area contributed by atoms with Gasteiger partial charge in [-0.2, -0.15) is 0 Å². The second-order valence-electron chi connectivity index (χ2n) is 9.87. The van der Waals surface area contributed by atoms with Gasteiger partial charge in [-0.1, -0.05) is 70.9 Å². The largest absolute Gasteiger partial charge is 0.478 e. The molecule has 9 heteroatoms. The van der Waals surface area contributed by atoms with Crippen LogP contribution in [0.4, 0.5) is 0 Å². The Morgan fingerprint density at radius 3 is 2.63 bits per heavy atom. The van der Waals surface area contributed by atoms with Crippen LogP contribution >= 0.6 is 34.5 Å². The number of nitrogens with zero attached hydrogens (tertiary/aromatic N) is 2. The van der Waals surface area contributed by atoms with Crippen LogP contribution in [0.5, 0.6) is 0 Å². The molecule has 6 nitrogen and oxygen atoms in total. The summed E-state index contributed by atoms with van der Waals surface area (Å²) >= 11 is 13.5. The van der Waals surface area contributed by atoms with Crippen molar-refractivity contribution in [1.29, 1.82) is 0 Å². The van der Waals surface area contributed by atoms with Crippen LogP contribution in [0.15, 0.2) is 98.6 Å². The molecule has 0 amide bonds. The minimum Gasteiger partial charge on any atom is -0.478 e. The fourth-order valence-corrected chi connectivity index (χ4v) is 6.83. The van der Waals surface area contributed by atoms with Gasteiger partial charge in [0.05, 0.1) is 26.9 Å². The van der Waals surface area contributed by atoms with E-state index < -0.39 is 5.97 Å². The van der Waals surface area contributed by atoms with E-state index in [9.17, 15) is 14.7 Å². The fraction of sp³-hybridized carbons (Fsp3) is 0.0938. The summed E-state index contributed by atoms with van der Waals surface area (Å²) in [7, 11) is 0. The van der Waals surface area contributed by atoms with Gasteiger partial charge in [0.2, 0.25) is 0 Å². The summed E-state index contributed by atoms with van der Waals surface area (Å²) in [5, 5.41) is 10.2. The molecule has 2 aliphatic rings. The van der Waals surface area contributed by atoms with Crippen molar-refractivity contribution in [2.45, 2.75) is 18.9 Å². The van der Waals surface area contributed by atoms with Crippen molar-refractivity contribution in [3.63, 3.8) is 0 Å². The number of carboxylic acids is 1. The van der Waals surface area contributed by atoms with E-state index in [1.165, 1.54) is 29.0 Å². The number of rotatable bonds is 4. The average Bonchev–Trinajstić information content (AvgIpc) is 3.57. The number of hydrogen-bond donors (Lipinski definition) is 1. The maximum atomic E-state index is 13.9. The number of carbonyl (C=O) groups is 1. The first-order valence-electron chi connectivity index (χ1n) is 12.9. The summed E-state index contributed by atoms with van der Waals surface area (Å²) in [5.74, 6) is -0.186. The van der Waals surface area contributed by atoms with E-state index >= 15 is 0 Å². The molecule has 0 saturated carbocycles. The molecule has 3 heterocycles. The molecule has 1 aliphatic carbocycles. The molecule has 202 valence electrons. The highest BCUT2D eigenvalue weighted by Gasteiger charge is 2.32. The summed E-state index contributed by atoms with van der Waals surface area (Å²) in [4.78, 5) is 31.1. The van der Waals surface area contributed by atoms with Gasteiger partial charge in [-0.05, 0) is 72.0 Å². The molecule has 0 radical (unpaired) electrons. The molecule has 2 aromatic heterocycles. The maximum absolute atomic E-state index is 13.9. The molecular weight excluding hydrogens is 579 g/mol. The van der Waals surface area contributed by atoms with Gasteiger partial charge in [-0.25, -0.2) is 9.79 Å². The van der Waals surface area contributed by atoms with Crippen molar-refractivity contribution in [1.82, 2.24) is 4.57 Å². The zero-order valence-electron chi connectivity index (χ0n) is 21.3. The van der Waals surface area contributed by atoms with Crippen LogP contribution in [0.25, 0.3) is 23.1 Å². The monoisotopic (exact) mass is 598 g/mol. The molecule has 0 bridgehead atoms. The first-order valence-corrected chi connectivity index (χ1v) is 14.5. The number of aryl methyl sites for hydroxylation is 1. The van der Waals surface area contributed by atoms with Crippen molar-refractivity contribution in [3.8, 4) is 11.3 Å². The van der Waals surface area contributed by atoms with Crippen molar-refractivity contribution in [3.05, 3.63) is 142 Å². The number of allylic oxidation sites excluding steroid dienone is 1. The Balaban J connectivity index is 1.37. The summed E-state index contributed by atoms with van der Waals surface area (Å²) in [5.41, 5.74) is 5.77. The van der Waals surface area contributed by atoms with Gasteiger partial charge in [0.25, 0.3) is 5.56 Å². The normalized spacial score (nSPS) is 16.1. The minimum absolute atomic E-state index is 0.0110. The minimum atomic E-state index is -1.12. The Bertz CT molecular complexity index is 2090. The number of thiazole rings is 1. The Hall–Kier alpha value is -4.17. The summed E-state index contributed by atoms with van der Waals surface area (Å²) in [6, 6.07) is 23.8. The second-order valence-corrected chi connectivity index (χ2v) is 11.7. The predicted octanol–water partition coefficient (Wildman–Crippen LogP) is 6.58. The number of furan rings is 1. The summed E-state index contributed by atoms with van der Waals surface area (Å²) in [6.07, 6.45) is 3.38. The van der Waals surface area contributed by atoms with Crippen molar-refractivity contribution in [2.24, 2.45) is 4.99 Å². The van der Waals surface area contributed by atoms with Crippen molar-refractivity contribution >= 4 is 52.3 Å². The third-order valence-corrected chi connectivity index (χ3v) is 9.00. The predicted molar refractivity (Wildman–Crippen MR) is 160 cm³/mol. The third-order valence-electron chi connectivity index (χ3n) is 7.44. The van der Waals surface area contributed by atoms with Crippen LogP contribution in [-0.2, 0) is 6.42 Å². The van der Waals surface area contributed by atoms with Crippen LogP contribution in [0, 0.1) is 0 Å². The molecule has 1 atom stereocenters. The Morgan fingerprint density at radius 2 is 1.83 bits per heavy atom. The van der Waals surface area contributed by atoms with Crippen LogP contribution in [0.1, 0.15) is 45.3 Å². The summed E-state index contributed by atoms with van der Waals surface area (Å²) in [6.45, 7) is 0. The van der Waals surface area contributed by atoms with Gasteiger partial charge in [-0.15, -0.1) is 0 Å². The van der Waals surface area contributed by atoms with Crippen molar-refractivity contribution in [2.75, 3.05) is 0 Å². The zero-order chi connectivity index (χ0) is 28.2. The smallest absolute Gasteiger partial charge is 0.337 e. The lowest BCUT2D eigenvalue weighted by Gasteiger charge is -2.30. The molecule has 3 aromatic carbocycles. The maximum Gasteiger partial charge on any atom is 0.337 e. The van der Waals surface area contributed by atoms with E-state index in [1.54, 1.807) is 28.8 Å². The standard InChI is InChI=1S/C32H20Cl2N2O4S/c33-20-9-5-18(6-10-20)29-23-12-7-17-3-1-2-4-22(17)28(23)35-32-36(29)30(37)27(41-32)16-21-11-14-26(40-21)19-8-13-25(34)24(15-19)31(38)39/h1-6,8-11,13-16,29H,7,12H2,(H,38,39)/b27-16+/t29-/m0/s1. The highest BCUT2D eigenvalue weighted by Crippen LogP contribution is 2.41. The van der Waals surface area contributed by atoms with E-state index in [0.29, 0.717) is 31.4 Å². The number of halogens is 2. The number of carboxylic acid groups (broad SMARTS) is 1. The van der Waals surface area contributed by atoms with Crippen LogP contribution in [0.2, 0.25) is 10.0 Å². The topological polar surface area (TPSA) is 84.8 Å². The molecule has 0 unspecified atom stereocenters. The van der Waals surface area contributed by atoms with Gasteiger partial charge in [0.15, 0.2) is 4.80 Å². The molecule has 0 saturated heterocycles. The third kappa shape index (κ3) is 4.47. The molecule has 41 heavy (non-hydrogen) atoms. The Morgan fingerprint density at radius 1 is 1.02 bits per heavy atom. The van der Waals surface area contributed by atoms with E-state index in [2.05, 4.69) is 12.1 Å². The van der Waals surface area contributed by atoms with E-state index in [0.717, 1.165) is 35.2 Å². The molecule has 1 N–H and O–H groups in total. The number of benzene rings is 3. The molecule has 1 aliphatic heterocycles. The molecule has 0 spiro atoms. The van der Waals surface area contributed by atoms with Gasteiger partial charge in [0, 0.05) is 22.2 Å². The SMILES string of the molecule is O=C(O)c1cc(-c2ccc(/C=c3/sc4n(c3=O)[C@@H](c3ccc(Cl)cc3)C3=C(N=4)c4ccccc4CC3)o2)ccc1Cl. The second kappa shape index (κ2) is 10.0. The number of hydrogen-bond acceptors (Lipinski definition) is 5. The Kier molecular flexibility index (Phi) is 6.31.